The number of carboxylic acid groups (broad SMARTS) is 1. The number of amides is 1. The smallest absolute Gasteiger partial charge is 0.307 e. The topological polar surface area (TPSA) is 97.1 Å². The zero-order valence-corrected chi connectivity index (χ0v) is 12.5. The summed E-state index contributed by atoms with van der Waals surface area (Å²) in [6.45, 7) is 6.37. The van der Waals surface area contributed by atoms with Crippen LogP contribution in [0, 0.1) is 17.3 Å². The second kappa shape index (κ2) is 4.54. The van der Waals surface area contributed by atoms with Gasteiger partial charge < -0.3 is 15.0 Å². The molecule has 1 aliphatic carbocycles. The van der Waals surface area contributed by atoms with E-state index in [1.54, 1.807) is 0 Å². The molecule has 1 saturated carbocycles. The number of hydrogen-bond donors (Lipinski definition) is 2. The van der Waals surface area contributed by atoms with E-state index in [-0.39, 0.29) is 11.9 Å². The van der Waals surface area contributed by atoms with Crippen LogP contribution in [0.5, 0.6) is 0 Å². The molecule has 1 fully saturated rings. The van der Waals surface area contributed by atoms with Gasteiger partial charge in [-0.25, -0.2) is 0 Å². The summed E-state index contributed by atoms with van der Waals surface area (Å²) in [7, 11) is 0. The zero-order valence-electron chi connectivity index (χ0n) is 12.5. The van der Waals surface area contributed by atoms with Crippen molar-refractivity contribution in [3.05, 3.63) is 11.6 Å². The normalized spacial score (nSPS) is 27.0. The van der Waals surface area contributed by atoms with Crippen LogP contribution in [0.25, 0.3) is 0 Å². The maximum absolute atomic E-state index is 12.3. The zero-order chi connectivity index (χ0) is 15.4. The van der Waals surface area contributed by atoms with Crippen molar-refractivity contribution in [2.24, 2.45) is 17.3 Å². The van der Waals surface area contributed by atoms with Crippen LogP contribution in [-0.4, -0.2) is 31.7 Å². The van der Waals surface area contributed by atoms with Gasteiger partial charge in [0.2, 0.25) is 5.91 Å². The first-order valence-electron chi connectivity index (χ1n) is 7.29. The average Bonchev–Trinajstić information content (AvgIpc) is 2.73. The molecule has 2 N–H and O–H groups in total. The Morgan fingerprint density at radius 2 is 2.10 bits per heavy atom. The van der Waals surface area contributed by atoms with Gasteiger partial charge in [-0.1, -0.05) is 13.8 Å². The van der Waals surface area contributed by atoms with Gasteiger partial charge in [0.15, 0.2) is 5.82 Å². The van der Waals surface area contributed by atoms with Crippen molar-refractivity contribution in [1.29, 1.82) is 0 Å². The standard InChI is InChI=1S/C14H20N4O3/c1-7(11-17-16-8-5-4-6-18(8)11)15-12(19)9-10(13(20)21)14(9,2)3/h7,9-10H,4-6H2,1-3H3,(H,15,19)(H,20,21). The molecule has 2 heterocycles. The highest BCUT2D eigenvalue weighted by molar-refractivity contribution is 5.91. The Kier molecular flexibility index (Phi) is 3.04. The van der Waals surface area contributed by atoms with E-state index < -0.39 is 23.2 Å². The Morgan fingerprint density at radius 3 is 2.71 bits per heavy atom. The Balaban J connectivity index is 1.69. The number of carbonyl (C=O) groups excluding carboxylic acids is 1. The molecule has 7 nitrogen and oxygen atoms in total. The van der Waals surface area contributed by atoms with Crippen LogP contribution < -0.4 is 5.32 Å². The average molecular weight is 292 g/mol. The van der Waals surface area contributed by atoms with Crippen molar-refractivity contribution in [2.75, 3.05) is 0 Å². The van der Waals surface area contributed by atoms with Gasteiger partial charge in [-0.05, 0) is 18.8 Å². The third-order valence-corrected chi connectivity index (χ3v) is 4.76. The minimum atomic E-state index is -0.906. The summed E-state index contributed by atoms with van der Waals surface area (Å²) in [5.74, 6) is -0.485. The Bertz CT molecular complexity index is 607. The van der Waals surface area contributed by atoms with Crippen LogP contribution in [-0.2, 0) is 22.6 Å². The molecule has 3 unspecified atom stereocenters. The minimum Gasteiger partial charge on any atom is -0.481 e. The van der Waals surface area contributed by atoms with E-state index >= 15 is 0 Å². The lowest BCUT2D eigenvalue weighted by Gasteiger charge is -2.14. The van der Waals surface area contributed by atoms with Crippen LogP contribution in [0.15, 0.2) is 0 Å². The molecule has 0 saturated heterocycles. The van der Waals surface area contributed by atoms with Crippen molar-refractivity contribution < 1.29 is 14.7 Å². The molecule has 114 valence electrons. The molecule has 3 atom stereocenters. The van der Waals surface area contributed by atoms with Crippen LogP contribution in [0.1, 0.15) is 44.9 Å². The summed E-state index contributed by atoms with van der Waals surface area (Å²) in [5.41, 5.74) is -0.484. The molecule has 21 heavy (non-hydrogen) atoms. The first-order valence-corrected chi connectivity index (χ1v) is 7.29. The number of carbonyl (C=O) groups is 2. The SMILES string of the molecule is CC(NC(=O)C1C(C(=O)O)C1(C)C)c1nnc2n1CCC2. The molecule has 1 amide bonds. The van der Waals surface area contributed by atoms with Crippen molar-refractivity contribution in [3.8, 4) is 0 Å². The molecule has 3 rings (SSSR count). The van der Waals surface area contributed by atoms with E-state index in [4.69, 9.17) is 5.11 Å². The number of aliphatic carboxylic acids is 1. The number of nitrogens with one attached hydrogen (secondary N) is 1. The van der Waals surface area contributed by atoms with Crippen molar-refractivity contribution in [3.63, 3.8) is 0 Å². The molecular formula is C14H20N4O3. The number of carboxylic acids is 1. The quantitative estimate of drug-likeness (QED) is 0.854. The fourth-order valence-corrected chi connectivity index (χ4v) is 3.45. The third-order valence-electron chi connectivity index (χ3n) is 4.76. The van der Waals surface area contributed by atoms with Crippen LogP contribution in [0.4, 0.5) is 0 Å². The number of fused-ring (bicyclic) bond motifs is 1. The van der Waals surface area contributed by atoms with Gasteiger partial charge >= 0.3 is 5.97 Å². The second-order valence-electron chi connectivity index (χ2n) is 6.57. The first-order chi connectivity index (χ1) is 9.84. The van der Waals surface area contributed by atoms with E-state index in [0.29, 0.717) is 0 Å². The highest BCUT2D eigenvalue weighted by Gasteiger charge is 2.66. The molecule has 0 aromatic carbocycles. The van der Waals surface area contributed by atoms with Crippen molar-refractivity contribution in [1.82, 2.24) is 20.1 Å². The minimum absolute atomic E-state index is 0.213. The van der Waals surface area contributed by atoms with E-state index in [1.807, 2.05) is 25.3 Å². The molecule has 0 bridgehead atoms. The molecule has 0 radical (unpaired) electrons. The monoisotopic (exact) mass is 292 g/mol. The third kappa shape index (κ3) is 2.11. The number of hydrogen-bond acceptors (Lipinski definition) is 4. The summed E-state index contributed by atoms with van der Waals surface area (Å²) >= 11 is 0. The first kappa shape index (κ1) is 14.0. The van der Waals surface area contributed by atoms with Gasteiger partial charge in [-0.2, -0.15) is 0 Å². The Labute approximate surface area is 122 Å². The van der Waals surface area contributed by atoms with Crippen LogP contribution >= 0.6 is 0 Å². The van der Waals surface area contributed by atoms with Gasteiger partial charge in [0, 0.05) is 13.0 Å². The molecule has 7 heteroatoms. The summed E-state index contributed by atoms with van der Waals surface area (Å²) in [5, 5.41) is 20.3. The van der Waals surface area contributed by atoms with Gasteiger partial charge in [0.25, 0.3) is 0 Å². The van der Waals surface area contributed by atoms with Crippen molar-refractivity contribution in [2.45, 2.75) is 46.2 Å². The maximum Gasteiger partial charge on any atom is 0.307 e. The largest absolute Gasteiger partial charge is 0.481 e. The van der Waals surface area contributed by atoms with Crippen LogP contribution in [0.2, 0.25) is 0 Å². The van der Waals surface area contributed by atoms with E-state index in [9.17, 15) is 9.59 Å². The number of aryl methyl sites for hydroxylation is 1. The molecule has 2 aliphatic rings. The summed E-state index contributed by atoms with van der Waals surface area (Å²) in [6, 6.07) is -0.261. The fraction of sp³-hybridized carbons (Fsp3) is 0.714. The molecular weight excluding hydrogens is 272 g/mol. The molecule has 1 aromatic heterocycles. The number of aromatic nitrogens is 3. The second-order valence-corrected chi connectivity index (χ2v) is 6.57. The lowest BCUT2D eigenvalue weighted by atomic mass is 10.1. The highest BCUT2D eigenvalue weighted by atomic mass is 16.4. The molecule has 1 aromatic rings. The van der Waals surface area contributed by atoms with E-state index in [1.165, 1.54) is 0 Å². The molecule has 1 aliphatic heterocycles. The van der Waals surface area contributed by atoms with Crippen molar-refractivity contribution >= 4 is 11.9 Å². The van der Waals surface area contributed by atoms with Gasteiger partial charge in [-0.15, -0.1) is 10.2 Å². The molecule has 0 spiro atoms. The lowest BCUT2D eigenvalue weighted by molar-refractivity contribution is -0.140. The Hall–Kier alpha value is -1.92. The Morgan fingerprint density at radius 1 is 1.38 bits per heavy atom. The summed E-state index contributed by atoms with van der Waals surface area (Å²) in [4.78, 5) is 23.5. The fourth-order valence-electron chi connectivity index (χ4n) is 3.45. The van der Waals surface area contributed by atoms with Gasteiger partial charge in [0.05, 0.1) is 17.9 Å². The highest BCUT2D eigenvalue weighted by Crippen LogP contribution is 2.58. The number of rotatable bonds is 4. The maximum atomic E-state index is 12.3. The van der Waals surface area contributed by atoms with Crippen LogP contribution in [0.3, 0.4) is 0 Å². The summed E-state index contributed by atoms with van der Waals surface area (Å²) in [6.07, 6.45) is 1.97. The lowest BCUT2D eigenvalue weighted by Crippen LogP contribution is -2.31. The van der Waals surface area contributed by atoms with Gasteiger partial charge in [-0.3, -0.25) is 9.59 Å². The predicted octanol–water partition coefficient (Wildman–Crippen LogP) is 0.758. The van der Waals surface area contributed by atoms with Gasteiger partial charge in [0.1, 0.15) is 5.82 Å². The number of nitrogens with zero attached hydrogens (tertiary/aromatic N) is 3. The van der Waals surface area contributed by atoms with E-state index in [0.717, 1.165) is 31.0 Å². The van der Waals surface area contributed by atoms with E-state index in [2.05, 4.69) is 15.5 Å². The predicted molar refractivity (Wildman–Crippen MR) is 73.3 cm³/mol. The summed E-state index contributed by atoms with van der Waals surface area (Å²) < 4.78 is 2.04.